The molecule has 2 amide bonds. The zero-order chi connectivity index (χ0) is 28.2. The van der Waals surface area contributed by atoms with Gasteiger partial charge in [-0.2, -0.15) is 0 Å². The number of methoxy groups -OCH3 is 1. The molecule has 9 heteroatoms. The molecular weight excluding hydrogens is 516 g/mol. The number of carbonyl (C=O) groups excluding carboxylic acids is 2. The number of alkyl halides is 2. The van der Waals surface area contributed by atoms with E-state index in [-0.39, 0.29) is 49.6 Å². The second-order valence-electron chi connectivity index (χ2n) is 11.5. The maximum atomic E-state index is 13.6. The number of nitrogens with one attached hydrogen (secondary N) is 1. The van der Waals surface area contributed by atoms with Crippen molar-refractivity contribution in [3.8, 4) is 5.75 Å². The summed E-state index contributed by atoms with van der Waals surface area (Å²) in [7, 11) is 1.63. The zero-order valence-corrected chi connectivity index (χ0v) is 23.1. The molecule has 1 aliphatic carbocycles. The van der Waals surface area contributed by atoms with Crippen molar-refractivity contribution < 1.29 is 27.8 Å². The number of ether oxygens (including phenoxy) is 2. The molecule has 3 aliphatic rings. The first-order valence-corrected chi connectivity index (χ1v) is 14.3. The Labute approximate surface area is 234 Å². The minimum absolute atomic E-state index is 0.128. The number of halogens is 2. The molecule has 5 rings (SSSR count). The van der Waals surface area contributed by atoms with E-state index in [1.807, 2.05) is 54.6 Å². The van der Waals surface area contributed by atoms with Crippen LogP contribution in [0.4, 0.5) is 13.6 Å². The lowest BCUT2D eigenvalue weighted by atomic mass is 9.86. The van der Waals surface area contributed by atoms with E-state index in [4.69, 9.17) is 9.47 Å². The molecule has 2 aliphatic heterocycles. The van der Waals surface area contributed by atoms with E-state index in [0.717, 1.165) is 55.8 Å². The molecule has 7 nitrogen and oxygen atoms in total. The summed E-state index contributed by atoms with van der Waals surface area (Å²) >= 11 is 0. The van der Waals surface area contributed by atoms with Crippen molar-refractivity contribution in [3.63, 3.8) is 0 Å². The van der Waals surface area contributed by atoms with E-state index < -0.39 is 11.5 Å². The summed E-state index contributed by atoms with van der Waals surface area (Å²) in [4.78, 5) is 29.8. The highest BCUT2D eigenvalue weighted by Gasteiger charge is 2.47. The van der Waals surface area contributed by atoms with Crippen LogP contribution in [0.25, 0.3) is 0 Å². The normalized spacial score (nSPS) is 21.7. The quantitative estimate of drug-likeness (QED) is 0.439. The summed E-state index contributed by atoms with van der Waals surface area (Å²) in [6.07, 6.45) is 1.97. The zero-order valence-electron chi connectivity index (χ0n) is 23.1. The van der Waals surface area contributed by atoms with Crippen molar-refractivity contribution in [1.29, 1.82) is 0 Å². The molecule has 40 heavy (non-hydrogen) atoms. The van der Waals surface area contributed by atoms with Crippen LogP contribution in [0.3, 0.4) is 0 Å². The summed E-state index contributed by atoms with van der Waals surface area (Å²) in [5, 5.41) is 3.17. The van der Waals surface area contributed by atoms with Crippen LogP contribution in [0.1, 0.15) is 62.1 Å². The Kier molecular flexibility index (Phi) is 8.59. The van der Waals surface area contributed by atoms with Gasteiger partial charge in [-0.25, -0.2) is 13.6 Å². The van der Waals surface area contributed by atoms with Gasteiger partial charge >= 0.3 is 6.09 Å². The molecule has 3 fully saturated rings. The van der Waals surface area contributed by atoms with E-state index >= 15 is 0 Å². The Morgan fingerprint density at radius 1 is 1.05 bits per heavy atom. The minimum Gasteiger partial charge on any atom is -0.497 e. The highest BCUT2D eigenvalue weighted by Crippen LogP contribution is 2.37. The Morgan fingerprint density at radius 2 is 1.73 bits per heavy atom. The van der Waals surface area contributed by atoms with E-state index in [2.05, 4.69) is 10.2 Å². The fraction of sp³-hybridized carbons (Fsp3) is 0.548. The molecule has 0 aromatic heterocycles. The number of carbonyl (C=O) groups is 2. The van der Waals surface area contributed by atoms with Crippen molar-refractivity contribution >= 4 is 12.0 Å². The first-order chi connectivity index (χ1) is 19.2. The van der Waals surface area contributed by atoms with E-state index in [1.165, 1.54) is 0 Å². The number of benzene rings is 2. The van der Waals surface area contributed by atoms with Crippen LogP contribution in [-0.4, -0.2) is 66.6 Å². The second-order valence-corrected chi connectivity index (χ2v) is 11.5. The largest absolute Gasteiger partial charge is 0.497 e. The summed E-state index contributed by atoms with van der Waals surface area (Å²) < 4.78 is 38.3. The van der Waals surface area contributed by atoms with Gasteiger partial charge in [-0.15, -0.1) is 0 Å². The third-order valence-corrected chi connectivity index (χ3v) is 8.68. The van der Waals surface area contributed by atoms with Crippen molar-refractivity contribution in [1.82, 2.24) is 15.1 Å². The van der Waals surface area contributed by atoms with Gasteiger partial charge in [-0.1, -0.05) is 42.5 Å². The summed E-state index contributed by atoms with van der Waals surface area (Å²) in [5.41, 5.74) is 1.59. The van der Waals surface area contributed by atoms with E-state index in [9.17, 15) is 18.4 Å². The van der Waals surface area contributed by atoms with Crippen molar-refractivity contribution in [2.45, 2.75) is 69.1 Å². The van der Waals surface area contributed by atoms with E-state index in [0.29, 0.717) is 13.1 Å². The maximum absolute atomic E-state index is 13.6. The molecule has 1 saturated carbocycles. The third-order valence-electron chi connectivity index (χ3n) is 8.68. The van der Waals surface area contributed by atoms with Crippen LogP contribution >= 0.6 is 0 Å². The molecule has 0 bridgehead atoms. The molecule has 1 N–H and O–H groups in total. The van der Waals surface area contributed by atoms with Gasteiger partial charge in [0.25, 0.3) is 0 Å². The first-order valence-electron chi connectivity index (χ1n) is 14.3. The Hall–Kier alpha value is -3.20. The number of amides is 2. The van der Waals surface area contributed by atoms with Gasteiger partial charge in [0.2, 0.25) is 11.8 Å². The molecule has 0 unspecified atom stereocenters. The third kappa shape index (κ3) is 6.92. The second kappa shape index (κ2) is 12.1. The van der Waals surface area contributed by atoms with Gasteiger partial charge in [0.15, 0.2) is 0 Å². The maximum Gasteiger partial charge on any atom is 0.410 e. The predicted octanol–water partition coefficient (Wildman–Crippen LogP) is 5.56. The number of nitrogens with zero attached hydrogens (tertiary/aromatic N) is 2. The number of piperidine rings is 1. The fourth-order valence-electron chi connectivity index (χ4n) is 6.12. The number of rotatable bonds is 9. The lowest BCUT2D eigenvalue weighted by Gasteiger charge is -2.38. The molecule has 1 atom stereocenters. The van der Waals surface area contributed by atoms with Gasteiger partial charge in [0.1, 0.15) is 11.4 Å². The molecular formula is C31H39F2N3O4. The molecule has 2 heterocycles. The first kappa shape index (κ1) is 28.3. The van der Waals surface area contributed by atoms with Gasteiger partial charge in [-0.05, 0) is 42.5 Å². The monoisotopic (exact) mass is 555 g/mol. The highest BCUT2D eigenvalue weighted by atomic mass is 19.3. The van der Waals surface area contributed by atoms with Crippen LogP contribution in [0.5, 0.6) is 5.75 Å². The lowest BCUT2D eigenvalue weighted by Crippen LogP contribution is -2.47. The number of likely N-dealkylation sites (tertiary alicyclic amines) is 1. The molecule has 1 spiro atoms. The van der Waals surface area contributed by atoms with Crippen molar-refractivity contribution in [2.75, 3.05) is 33.3 Å². The molecule has 2 aromatic rings. The van der Waals surface area contributed by atoms with Crippen LogP contribution in [0, 0.1) is 5.92 Å². The summed E-state index contributed by atoms with van der Waals surface area (Å²) in [6, 6.07) is 17.4. The van der Waals surface area contributed by atoms with Gasteiger partial charge in [0, 0.05) is 57.8 Å². The minimum atomic E-state index is -2.65. The number of hydrogen-bond donors (Lipinski definition) is 1. The van der Waals surface area contributed by atoms with Crippen molar-refractivity contribution in [2.24, 2.45) is 5.92 Å². The Morgan fingerprint density at radius 3 is 2.38 bits per heavy atom. The number of hydrogen-bond acceptors (Lipinski definition) is 5. The smallest absolute Gasteiger partial charge is 0.410 e. The topological polar surface area (TPSA) is 71.1 Å². The lowest BCUT2D eigenvalue weighted by molar-refractivity contribution is -0.130. The van der Waals surface area contributed by atoms with Crippen LogP contribution in [0.15, 0.2) is 54.6 Å². The van der Waals surface area contributed by atoms with Crippen LogP contribution in [-0.2, 0) is 16.1 Å². The Balaban J connectivity index is 1.13. The molecule has 2 aromatic carbocycles. The fourth-order valence-corrected chi connectivity index (χ4v) is 6.12. The summed E-state index contributed by atoms with van der Waals surface area (Å²) in [5.74, 6) is -2.36. The SMILES string of the molecule is COc1ccc(CN2CC3(CCN(CC[C@H](NC(=O)C4CCC(F)(F)CC4)c4ccccc4)CC3)OC2=O)cc1. The van der Waals surface area contributed by atoms with E-state index in [1.54, 1.807) is 12.0 Å². The average molecular weight is 556 g/mol. The van der Waals surface area contributed by atoms with Crippen molar-refractivity contribution in [3.05, 3.63) is 65.7 Å². The highest BCUT2D eigenvalue weighted by molar-refractivity contribution is 5.79. The standard InChI is InChI=1S/C31H39F2N3O4/c1-39-26-9-7-23(8-10-26)21-36-22-30(40-29(36)38)16-19-35(20-17-30)18-13-27(24-5-3-2-4-6-24)34-28(37)25-11-14-31(32,33)15-12-25/h2-10,25,27H,11-22H2,1H3,(H,34,37)/t27-/m0/s1. The summed E-state index contributed by atoms with van der Waals surface area (Å²) in [6.45, 7) is 3.47. The average Bonchev–Trinajstić information content (AvgIpc) is 3.26. The van der Waals surface area contributed by atoms with Gasteiger partial charge in [0.05, 0.1) is 19.7 Å². The van der Waals surface area contributed by atoms with Crippen LogP contribution in [0.2, 0.25) is 0 Å². The van der Waals surface area contributed by atoms with Gasteiger partial charge in [-0.3, -0.25) is 9.69 Å². The van der Waals surface area contributed by atoms with Gasteiger partial charge < -0.3 is 19.7 Å². The Bertz CT molecular complexity index is 1140. The van der Waals surface area contributed by atoms with Crippen LogP contribution < -0.4 is 10.1 Å². The molecule has 216 valence electrons. The molecule has 0 radical (unpaired) electrons. The molecule has 2 saturated heterocycles. The predicted molar refractivity (Wildman–Crippen MR) is 147 cm³/mol.